The molecule has 9 heteroatoms. The van der Waals surface area contributed by atoms with Gasteiger partial charge in [0.2, 0.25) is 5.91 Å². The van der Waals surface area contributed by atoms with Crippen LogP contribution in [0.2, 0.25) is 0 Å². The Morgan fingerprint density at radius 2 is 1.87 bits per heavy atom. The minimum Gasteiger partial charge on any atom is -0.483 e. The zero-order valence-corrected chi connectivity index (χ0v) is 17.9. The first kappa shape index (κ1) is 24.6. The fraction of sp³-hybridized carbons (Fsp3) is 0.591. The number of carbonyl (C=O) groups excluding carboxylic acids is 2. The number of rotatable bonds is 5. The third-order valence-corrected chi connectivity index (χ3v) is 5.89. The van der Waals surface area contributed by atoms with E-state index in [9.17, 15) is 19.1 Å². The maximum Gasteiger partial charge on any atom is 0.290 e. The minimum absolute atomic E-state index is 0.0214. The lowest BCUT2D eigenvalue weighted by atomic mass is 9.85. The van der Waals surface area contributed by atoms with Crippen molar-refractivity contribution in [1.82, 2.24) is 10.2 Å². The zero-order chi connectivity index (χ0) is 23.0. The number of hydrogen-bond donors (Lipinski definition) is 3. The molecule has 1 saturated heterocycles. The number of β-amino-alcohol motifs (C(OH)–C–C–N with tert-alkyl or cyclic N) is 1. The van der Waals surface area contributed by atoms with E-state index in [2.05, 4.69) is 5.32 Å². The lowest BCUT2D eigenvalue weighted by molar-refractivity contribution is -0.136. The highest BCUT2D eigenvalue weighted by Gasteiger charge is 2.37. The van der Waals surface area contributed by atoms with Crippen LogP contribution in [-0.2, 0) is 14.4 Å². The summed E-state index contributed by atoms with van der Waals surface area (Å²) in [6, 6.07) is 5.78. The second-order valence-electron chi connectivity index (χ2n) is 8.03. The van der Waals surface area contributed by atoms with Crippen molar-refractivity contribution >= 4 is 18.3 Å². The van der Waals surface area contributed by atoms with Crippen LogP contribution in [0.25, 0.3) is 0 Å². The SMILES string of the molecule is Cc1cccc(OCC(=O)NC2CCC(C(=O)N3C[C@@H](O)[C@H](F)C3)CC2)c1C.O=CO. The molecule has 3 N–H and O–H groups in total. The van der Waals surface area contributed by atoms with Gasteiger partial charge in [-0.05, 0) is 56.7 Å². The van der Waals surface area contributed by atoms with Crippen LogP contribution in [0.1, 0.15) is 36.8 Å². The number of aliphatic hydroxyl groups is 1. The molecule has 1 heterocycles. The van der Waals surface area contributed by atoms with Gasteiger partial charge in [0.15, 0.2) is 6.61 Å². The maximum absolute atomic E-state index is 13.4. The summed E-state index contributed by atoms with van der Waals surface area (Å²) in [5.41, 5.74) is 2.14. The van der Waals surface area contributed by atoms with E-state index in [-0.39, 0.29) is 49.9 Å². The van der Waals surface area contributed by atoms with Gasteiger partial charge in [0.05, 0.1) is 6.54 Å². The Morgan fingerprint density at radius 3 is 2.45 bits per heavy atom. The number of halogens is 1. The van der Waals surface area contributed by atoms with Crippen LogP contribution in [0.4, 0.5) is 4.39 Å². The standard InChI is InChI=1S/C21H29FN2O4.CH2O2/c1-13-4-3-5-19(14(13)2)28-12-20(26)23-16-8-6-15(7-9-16)21(27)24-10-17(22)18(25)11-24;2-1-3/h3-5,15-18,25H,6-12H2,1-2H3,(H,23,26);1H,(H,2,3)/t15?,16?,17-,18-;/m1./s1. The number of aliphatic hydroxyl groups excluding tert-OH is 1. The highest BCUT2D eigenvalue weighted by molar-refractivity contribution is 5.80. The smallest absolute Gasteiger partial charge is 0.290 e. The Morgan fingerprint density at radius 1 is 1.23 bits per heavy atom. The fourth-order valence-electron chi connectivity index (χ4n) is 3.96. The summed E-state index contributed by atoms with van der Waals surface area (Å²) in [4.78, 5) is 34.5. The molecule has 3 rings (SSSR count). The summed E-state index contributed by atoms with van der Waals surface area (Å²) < 4.78 is 19.1. The van der Waals surface area contributed by atoms with E-state index in [1.807, 2.05) is 32.0 Å². The van der Waals surface area contributed by atoms with Crippen molar-refractivity contribution in [2.45, 2.75) is 57.8 Å². The lowest BCUT2D eigenvalue weighted by Gasteiger charge is -2.30. The monoisotopic (exact) mass is 438 g/mol. The van der Waals surface area contributed by atoms with Crippen LogP contribution in [0.3, 0.4) is 0 Å². The summed E-state index contributed by atoms with van der Waals surface area (Å²) in [6.07, 6.45) is 0.312. The highest BCUT2D eigenvalue weighted by Crippen LogP contribution is 2.28. The molecule has 2 atom stereocenters. The summed E-state index contributed by atoms with van der Waals surface area (Å²) in [5, 5.41) is 19.4. The molecular formula is C22H31FN2O6. The Kier molecular flexibility index (Phi) is 9.23. The van der Waals surface area contributed by atoms with Crippen molar-refractivity contribution in [3.63, 3.8) is 0 Å². The average molecular weight is 438 g/mol. The molecule has 172 valence electrons. The molecule has 1 aromatic rings. The Labute approximate surface area is 181 Å². The van der Waals surface area contributed by atoms with E-state index in [4.69, 9.17) is 14.6 Å². The molecule has 0 aromatic heterocycles. The first-order valence-corrected chi connectivity index (χ1v) is 10.4. The Bertz CT molecular complexity index is 756. The van der Waals surface area contributed by atoms with Gasteiger partial charge in [-0.25, -0.2) is 4.39 Å². The third kappa shape index (κ3) is 6.92. The van der Waals surface area contributed by atoms with Gasteiger partial charge in [0.1, 0.15) is 18.0 Å². The second kappa shape index (κ2) is 11.6. The van der Waals surface area contributed by atoms with Crippen molar-refractivity contribution < 1.29 is 33.7 Å². The average Bonchev–Trinajstić information content (AvgIpc) is 3.08. The molecule has 0 unspecified atom stereocenters. The Hall–Kier alpha value is -2.68. The quantitative estimate of drug-likeness (QED) is 0.602. The molecule has 0 radical (unpaired) electrons. The highest BCUT2D eigenvalue weighted by atomic mass is 19.1. The predicted molar refractivity (Wildman–Crippen MR) is 111 cm³/mol. The van der Waals surface area contributed by atoms with E-state index in [0.29, 0.717) is 31.4 Å². The number of likely N-dealkylation sites (tertiary alicyclic amines) is 1. The summed E-state index contributed by atoms with van der Waals surface area (Å²) in [7, 11) is 0. The van der Waals surface area contributed by atoms with Gasteiger partial charge < -0.3 is 25.2 Å². The molecule has 0 spiro atoms. The molecule has 1 aromatic carbocycles. The van der Waals surface area contributed by atoms with Gasteiger partial charge in [-0.3, -0.25) is 14.4 Å². The van der Waals surface area contributed by atoms with E-state index in [1.165, 1.54) is 4.90 Å². The molecule has 0 bridgehead atoms. The molecule has 2 fully saturated rings. The number of carboxylic acid groups (broad SMARTS) is 1. The number of nitrogens with one attached hydrogen (secondary N) is 1. The van der Waals surface area contributed by atoms with Gasteiger partial charge >= 0.3 is 0 Å². The van der Waals surface area contributed by atoms with Crippen molar-refractivity contribution in [2.75, 3.05) is 19.7 Å². The normalized spacial score (nSPS) is 25.2. The molecule has 2 aliphatic rings. The number of carbonyl (C=O) groups is 3. The molecule has 1 aliphatic heterocycles. The van der Waals surface area contributed by atoms with Crippen LogP contribution < -0.4 is 10.1 Å². The van der Waals surface area contributed by atoms with Gasteiger partial charge in [-0.1, -0.05) is 12.1 Å². The number of alkyl halides is 1. The van der Waals surface area contributed by atoms with Crippen LogP contribution in [0.15, 0.2) is 18.2 Å². The summed E-state index contributed by atoms with van der Waals surface area (Å²) in [6.45, 7) is 3.73. The van der Waals surface area contributed by atoms with Gasteiger partial charge in [0, 0.05) is 18.5 Å². The molecule has 2 amide bonds. The van der Waals surface area contributed by atoms with E-state index >= 15 is 0 Å². The van der Waals surface area contributed by atoms with Crippen molar-refractivity contribution in [3.05, 3.63) is 29.3 Å². The molecular weight excluding hydrogens is 407 g/mol. The second-order valence-corrected chi connectivity index (χ2v) is 8.03. The fourth-order valence-corrected chi connectivity index (χ4v) is 3.96. The number of ether oxygens (including phenoxy) is 1. The third-order valence-electron chi connectivity index (χ3n) is 5.89. The molecule has 31 heavy (non-hydrogen) atoms. The molecule has 1 saturated carbocycles. The molecule has 1 aliphatic carbocycles. The van der Waals surface area contributed by atoms with E-state index < -0.39 is 12.3 Å². The van der Waals surface area contributed by atoms with E-state index in [1.54, 1.807) is 0 Å². The number of amides is 2. The van der Waals surface area contributed by atoms with Crippen LogP contribution in [0, 0.1) is 19.8 Å². The topological polar surface area (TPSA) is 116 Å². The van der Waals surface area contributed by atoms with Crippen molar-refractivity contribution in [1.29, 1.82) is 0 Å². The molecule has 8 nitrogen and oxygen atoms in total. The zero-order valence-electron chi connectivity index (χ0n) is 17.9. The van der Waals surface area contributed by atoms with Crippen LogP contribution in [0.5, 0.6) is 5.75 Å². The first-order valence-electron chi connectivity index (χ1n) is 10.4. The first-order chi connectivity index (χ1) is 14.8. The van der Waals surface area contributed by atoms with Gasteiger partial charge in [-0.15, -0.1) is 0 Å². The number of nitrogens with zero attached hydrogens (tertiary/aromatic N) is 1. The van der Waals surface area contributed by atoms with Crippen LogP contribution >= 0.6 is 0 Å². The van der Waals surface area contributed by atoms with Gasteiger partial charge in [-0.2, -0.15) is 0 Å². The largest absolute Gasteiger partial charge is 0.483 e. The van der Waals surface area contributed by atoms with Gasteiger partial charge in [0.25, 0.3) is 12.4 Å². The maximum atomic E-state index is 13.4. The van der Waals surface area contributed by atoms with Crippen molar-refractivity contribution in [2.24, 2.45) is 5.92 Å². The predicted octanol–water partition coefficient (Wildman–Crippen LogP) is 1.60. The summed E-state index contributed by atoms with van der Waals surface area (Å²) in [5.74, 6) is 0.307. The minimum atomic E-state index is -1.35. The van der Waals surface area contributed by atoms with Crippen LogP contribution in [-0.4, -0.2) is 71.4 Å². The number of benzene rings is 1. The lowest BCUT2D eigenvalue weighted by Crippen LogP contribution is -2.43. The van der Waals surface area contributed by atoms with E-state index in [0.717, 1.165) is 11.1 Å². The van der Waals surface area contributed by atoms with Crippen molar-refractivity contribution in [3.8, 4) is 5.75 Å². The Balaban J connectivity index is 0.00000107. The summed E-state index contributed by atoms with van der Waals surface area (Å²) >= 11 is 0. The number of hydrogen-bond acceptors (Lipinski definition) is 5. The number of aryl methyl sites for hydroxylation is 1.